The van der Waals surface area contributed by atoms with Crippen LogP contribution in [0.1, 0.15) is 30.0 Å². The van der Waals surface area contributed by atoms with E-state index < -0.39 is 0 Å². The van der Waals surface area contributed by atoms with E-state index in [2.05, 4.69) is 11.1 Å². The van der Waals surface area contributed by atoms with E-state index >= 15 is 0 Å². The molecular formula is C24H25N3O2. The molecule has 5 nitrogen and oxygen atoms in total. The van der Waals surface area contributed by atoms with Gasteiger partial charge in [-0.15, -0.1) is 0 Å². The molecule has 0 N–H and O–H groups in total. The molecule has 3 heterocycles. The van der Waals surface area contributed by atoms with Gasteiger partial charge >= 0.3 is 0 Å². The van der Waals surface area contributed by atoms with Crippen molar-refractivity contribution in [3.8, 4) is 17.0 Å². The van der Waals surface area contributed by atoms with Gasteiger partial charge in [0, 0.05) is 42.7 Å². The van der Waals surface area contributed by atoms with E-state index in [4.69, 9.17) is 9.72 Å². The zero-order valence-electron chi connectivity index (χ0n) is 16.6. The third kappa shape index (κ3) is 4.45. The maximum atomic E-state index is 12.8. The first-order valence-corrected chi connectivity index (χ1v) is 10.0. The van der Waals surface area contributed by atoms with Crippen LogP contribution in [0.15, 0.2) is 67.0 Å². The number of hydrogen-bond donors (Lipinski definition) is 0. The molecule has 29 heavy (non-hydrogen) atoms. The molecule has 0 aliphatic carbocycles. The minimum atomic E-state index is 0.168. The molecule has 0 radical (unpaired) electrons. The second kappa shape index (κ2) is 8.86. The molecule has 0 bridgehead atoms. The van der Waals surface area contributed by atoms with Gasteiger partial charge in [0.25, 0.3) is 0 Å². The molecule has 2 aromatic heterocycles. The summed E-state index contributed by atoms with van der Waals surface area (Å²) >= 11 is 0. The van der Waals surface area contributed by atoms with Crippen molar-refractivity contribution in [2.75, 3.05) is 20.2 Å². The topological polar surface area (TPSA) is 55.3 Å². The van der Waals surface area contributed by atoms with Crippen LogP contribution in [0.3, 0.4) is 0 Å². The summed E-state index contributed by atoms with van der Waals surface area (Å²) in [5.41, 5.74) is 3.93. The van der Waals surface area contributed by atoms with Crippen molar-refractivity contribution in [2.24, 2.45) is 0 Å². The van der Waals surface area contributed by atoms with Crippen LogP contribution in [-0.4, -0.2) is 41.0 Å². The van der Waals surface area contributed by atoms with E-state index in [-0.39, 0.29) is 11.8 Å². The van der Waals surface area contributed by atoms with Gasteiger partial charge in [-0.25, -0.2) is 0 Å². The Morgan fingerprint density at radius 2 is 1.93 bits per heavy atom. The highest BCUT2D eigenvalue weighted by Crippen LogP contribution is 2.31. The largest absolute Gasteiger partial charge is 0.496 e. The summed E-state index contributed by atoms with van der Waals surface area (Å²) in [6.45, 7) is 1.53. The predicted octanol–water partition coefficient (Wildman–Crippen LogP) is 4.10. The maximum absolute atomic E-state index is 12.8. The Kier molecular flexibility index (Phi) is 5.84. The number of hydrogen-bond acceptors (Lipinski definition) is 4. The van der Waals surface area contributed by atoms with Crippen LogP contribution < -0.4 is 4.74 Å². The molecule has 0 unspecified atom stereocenters. The number of para-hydroxylation sites is 1. The molecule has 1 aliphatic heterocycles. The van der Waals surface area contributed by atoms with E-state index in [1.54, 1.807) is 19.5 Å². The first-order chi connectivity index (χ1) is 14.2. The molecule has 1 aliphatic rings. The molecule has 148 valence electrons. The summed E-state index contributed by atoms with van der Waals surface area (Å²) in [4.78, 5) is 23.7. The lowest BCUT2D eigenvalue weighted by Gasteiger charge is -2.32. The lowest BCUT2D eigenvalue weighted by atomic mass is 9.93. The first kappa shape index (κ1) is 19.1. The number of methoxy groups -OCH3 is 1. The van der Waals surface area contributed by atoms with Crippen molar-refractivity contribution in [1.29, 1.82) is 0 Å². The molecule has 1 saturated heterocycles. The lowest BCUT2D eigenvalue weighted by Crippen LogP contribution is -2.40. The Bertz CT molecular complexity index is 975. The van der Waals surface area contributed by atoms with Crippen molar-refractivity contribution in [2.45, 2.75) is 25.2 Å². The molecule has 1 fully saturated rings. The van der Waals surface area contributed by atoms with Crippen LogP contribution in [0.5, 0.6) is 5.75 Å². The van der Waals surface area contributed by atoms with Crippen molar-refractivity contribution in [3.05, 3.63) is 78.2 Å². The summed E-state index contributed by atoms with van der Waals surface area (Å²) in [7, 11) is 1.68. The molecule has 1 amide bonds. The van der Waals surface area contributed by atoms with Gasteiger partial charge in [-0.1, -0.05) is 18.2 Å². The number of rotatable bonds is 5. The predicted molar refractivity (Wildman–Crippen MR) is 113 cm³/mol. The molecule has 0 saturated carbocycles. The second-order valence-electron chi connectivity index (χ2n) is 7.36. The quantitative estimate of drug-likeness (QED) is 0.661. The minimum Gasteiger partial charge on any atom is -0.496 e. The third-order valence-electron chi connectivity index (χ3n) is 5.45. The number of carbonyl (C=O) groups excluding carboxylic acids is 1. The summed E-state index contributed by atoms with van der Waals surface area (Å²) in [6.07, 6.45) is 5.92. The Balaban J connectivity index is 1.50. The van der Waals surface area contributed by atoms with Gasteiger partial charge < -0.3 is 9.64 Å². The summed E-state index contributed by atoms with van der Waals surface area (Å²) < 4.78 is 5.49. The minimum absolute atomic E-state index is 0.168. The monoisotopic (exact) mass is 387 g/mol. The molecule has 5 heteroatoms. The van der Waals surface area contributed by atoms with Gasteiger partial charge in [-0.3, -0.25) is 14.8 Å². The molecule has 3 aromatic rings. The zero-order chi connectivity index (χ0) is 20.1. The third-order valence-corrected chi connectivity index (χ3v) is 5.45. The van der Waals surface area contributed by atoms with E-state index in [0.29, 0.717) is 13.0 Å². The number of benzene rings is 1. The fraction of sp³-hybridized carbons (Fsp3) is 0.292. The van der Waals surface area contributed by atoms with Crippen LogP contribution in [0, 0.1) is 0 Å². The Labute approximate surface area is 171 Å². The number of nitrogens with zero attached hydrogens (tertiary/aromatic N) is 3. The first-order valence-electron chi connectivity index (χ1n) is 10.0. The highest BCUT2D eigenvalue weighted by Gasteiger charge is 2.26. The molecule has 4 rings (SSSR count). The van der Waals surface area contributed by atoms with Crippen molar-refractivity contribution in [1.82, 2.24) is 14.9 Å². The number of carbonyl (C=O) groups is 1. The molecule has 0 spiro atoms. The van der Waals surface area contributed by atoms with Crippen molar-refractivity contribution < 1.29 is 9.53 Å². The Morgan fingerprint density at radius 3 is 2.76 bits per heavy atom. The Morgan fingerprint density at radius 1 is 1.10 bits per heavy atom. The van der Waals surface area contributed by atoms with Crippen LogP contribution in [0.4, 0.5) is 0 Å². The Hall–Kier alpha value is -3.21. The number of amides is 1. The van der Waals surface area contributed by atoms with Crippen LogP contribution in [0.2, 0.25) is 0 Å². The van der Waals surface area contributed by atoms with E-state index in [0.717, 1.165) is 47.7 Å². The fourth-order valence-electron chi connectivity index (χ4n) is 3.92. The van der Waals surface area contributed by atoms with Crippen LogP contribution in [0.25, 0.3) is 11.3 Å². The van der Waals surface area contributed by atoms with Gasteiger partial charge in [0.2, 0.25) is 5.91 Å². The normalized spacial score (nSPS) is 16.4. The fourth-order valence-corrected chi connectivity index (χ4v) is 3.92. The standard InChI is InChI=1S/C24H25N3O2/c1-29-23-10-3-2-7-20(23)22-9-4-8-21(26-22)19-6-5-15-27(17-19)24(28)16-18-11-13-25-14-12-18/h2-4,7-14,19H,5-6,15-17H2,1H3/t19-/m0/s1. The average molecular weight is 387 g/mol. The lowest BCUT2D eigenvalue weighted by molar-refractivity contribution is -0.131. The highest BCUT2D eigenvalue weighted by molar-refractivity contribution is 5.79. The summed E-state index contributed by atoms with van der Waals surface area (Å²) in [6, 6.07) is 17.8. The van der Waals surface area contributed by atoms with Gasteiger partial charge in [-0.2, -0.15) is 0 Å². The zero-order valence-corrected chi connectivity index (χ0v) is 16.6. The van der Waals surface area contributed by atoms with Crippen LogP contribution >= 0.6 is 0 Å². The second-order valence-corrected chi connectivity index (χ2v) is 7.36. The van der Waals surface area contributed by atoms with Crippen molar-refractivity contribution in [3.63, 3.8) is 0 Å². The number of aromatic nitrogens is 2. The van der Waals surface area contributed by atoms with E-state index in [1.165, 1.54) is 0 Å². The van der Waals surface area contributed by atoms with Gasteiger partial charge in [0.1, 0.15) is 5.75 Å². The number of pyridine rings is 2. The maximum Gasteiger partial charge on any atom is 0.227 e. The van der Waals surface area contributed by atoms with E-state index in [1.807, 2.05) is 53.4 Å². The summed E-state index contributed by atoms with van der Waals surface area (Å²) in [5.74, 6) is 1.23. The molecular weight excluding hydrogens is 362 g/mol. The van der Waals surface area contributed by atoms with Gasteiger partial charge in [0.15, 0.2) is 0 Å². The number of likely N-dealkylation sites (tertiary alicyclic amines) is 1. The molecule has 1 aromatic carbocycles. The average Bonchev–Trinajstić information content (AvgIpc) is 2.80. The van der Waals surface area contributed by atoms with Crippen LogP contribution in [-0.2, 0) is 11.2 Å². The smallest absolute Gasteiger partial charge is 0.227 e. The number of piperidine rings is 1. The summed E-state index contributed by atoms with van der Waals surface area (Å²) in [5, 5.41) is 0. The van der Waals surface area contributed by atoms with E-state index in [9.17, 15) is 4.79 Å². The van der Waals surface area contributed by atoms with Gasteiger partial charge in [-0.05, 0) is 54.8 Å². The molecule has 1 atom stereocenters. The number of ether oxygens (including phenoxy) is 1. The van der Waals surface area contributed by atoms with Crippen molar-refractivity contribution >= 4 is 5.91 Å². The highest BCUT2D eigenvalue weighted by atomic mass is 16.5. The van der Waals surface area contributed by atoms with Gasteiger partial charge in [0.05, 0.1) is 19.2 Å². The SMILES string of the molecule is COc1ccccc1-c1cccc([C@H]2CCCN(C(=O)Cc3ccncc3)C2)n1.